The van der Waals surface area contributed by atoms with Crippen LogP contribution in [-0.2, 0) is 4.74 Å². The van der Waals surface area contributed by atoms with Crippen molar-refractivity contribution in [3.63, 3.8) is 0 Å². The number of nitrogens with zero attached hydrogens (tertiary/aromatic N) is 3. The zero-order valence-corrected chi connectivity index (χ0v) is 15.7. The summed E-state index contributed by atoms with van der Waals surface area (Å²) in [6, 6.07) is 3.82. The number of aromatic nitrogens is 3. The molecule has 0 amide bonds. The molecular weight excluding hydrogens is 340 g/mol. The number of carbonyl (C=O) groups excluding carboxylic acids is 1. The van der Waals surface area contributed by atoms with Gasteiger partial charge in [-0.2, -0.15) is 4.68 Å². The van der Waals surface area contributed by atoms with Gasteiger partial charge in [0.15, 0.2) is 11.5 Å². The van der Waals surface area contributed by atoms with Crippen LogP contribution >= 0.6 is 0 Å². The molecule has 0 saturated heterocycles. The van der Waals surface area contributed by atoms with Crippen molar-refractivity contribution in [1.29, 1.82) is 0 Å². The summed E-state index contributed by atoms with van der Waals surface area (Å²) in [4.78, 5) is 17.9. The SMILES string of the molecule is C=C/C=C(C(=O)n1nc(N)c2ccc(C3=CCCCC3)nc21)\C(=C/C)OC. The Morgan fingerprint density at radius 2 is 2.19 bits per heavy atom. The summed E-state index contributed by atoms with van der Waals surface area (Å²) >= 11 is 0. The number of rotatable bonds is 5. The first kappa shape index (κ1) is 18.6. The first-order chi connectivity index (χ1) is 13.1. The van der Waals surface area contributed by atoms with Gasteiger partial charge in [-0.3, -0.25) is 4.79 Å². The number of fused-ring (bicyclic) bond motifs is 1. The van der Waals surface area contributed by atoms with Gasteiger partial charge in [-0.1, -0.05) is 18.7 Å². The van der Waals surface area contributed by atoms with Gasteiger partial charge in [0.2, 0.25) is 0 Å². The van der Waals surface area contributed by atoms with Gasteiger partial charge in [-0.15, -0.1) is 5.10 Å². The summed E-state index contributed by atoms with van der Waals surface area (Å²) in [5.41, 5.74) is 8.89. The van der Waals surface area contributed by atoms with E-state index in [0.29, 0.717) is 22.4 Å². The van der Waals surface area contributed by atoms with Crippen molar-refractivity contribution in [2.24, 2.45) is 0 Å². The van der Waals surface area contributed by atoms with E-state index in [-0.39, 0.29) is 11.7 Å². The highest BCUT2D eigenvalue weighted by Gasteiger charge is 2.22. The van der Waals surface area contributed by atoms with Gasteiger partial charge in [0.25, 0.3) is 5.91 Å². The Hall–Kier alpha value is -3.15. The van der Waals surface area contributed by atoms with Gasteiger partial charge in [0.05, 0.1) is 23.8 Å². The third kappa shape index (κ3) is 3.56. The highest BCUT2D eigenvalue weighted by molar-refractivity contribution is 6.04. The Kier molecular flexibility index (Phi) is 5.54. The monoisotopic (exact) mass is 364 g/mol. The maximum atomic E-state index is 13.2. The van der Waals surface area contributed by atoms with E-state index in [2.05, 4.69) is 17.8 Å². The van der Waals surface area contributed by atoms with Crippen LogP contribution in [0.25, 0.3) is 16.6 Å². The summed E-state index contributed by atoms with van der Waals surface area (Å²) in [5.74, 6) is 0.342. The standard InChI is InChI=1S/C21H24N4O2/c1-4-9-15(18(5-2)27-3)21(26)25-20-16(19(22)24-25)12-13-17(23-20)14-10-7-6-8-11-14/h4-5,9-10,12-13H,1,6-8,11H2,2-3H3,(H2,22,24)/b15-9+,18-5+. The lowest BCUT2D eigenvalue weighted by Gasteiger charge is -2.13. The quantitative estimate of drug-likeness (QED) is 0.486. The lowest BCUT2D eigenvalue weighted by Crippen LogP contribution is -2.18. The Bertz CT molecular complexity index is 979. The summed E-state index contributed by atoms with van der Waals surface area (Å²) in [5, 5.41) is 4.89. The number of nitrogen functional groups attached to an aromatic ring is 1. The van der Waals surface area contributed by atoms with Crippen molar-refractivity contribution in [1.82, 2.24) is 14.8 Å². The number of carbonyl (C=O) groups is 1. The van der Waals surface area contributed by atoms with Crippen molar-refractivity contribution >= 4 is 28.3 Å². The fraction of sp³-hybridized carbons (Fsp3) is 0.286. The molecular formula is C21H24N4O2. The van der Waals surface area contributed by atoms with Crippen LogP contribution in [0.1, 0.15) is 43.1 Å². The minimum Gasteiger partial charge on any atom is -0.496 e. The second-order valence-corrected chi connectivity index (χ2v) is 6.32. The summed E-state index contributed by atoms with van der Waals surface area (Å²) in [7, 11) is 1.51. The molecule has 2 aromatic rings. The minimum absolute atomic E-state index is 0.271. The predicted octanol–water partition coefficient (Wildman–Crippen LogP) is 4.27. The van der Waals surface area contributed by atoms with Crippen molar-refractivity contribution in [2.45, 2.75) is 32.6 Å². The second-order valence-electron chi connectivity index (χ2n) is 6.32. The average molecular weight is 364 g/mol. The Morgan fingerprint density at radius 3 is 2.81 bits per heavy atom. The molecule has 140 valence electrons. The number of hydrogen-bond acceptors (Lipinski definition) is 5. The van der Waals surface area contributed by atoms with Gasteiger partial charge in [-0.25, -0.2) is 4.98 Å². The van der Waals surface area contributed by atoms with Crippen molar-refractivity contribution in [3.8, 4) is 0 Å². The van der Waals surface area contributed by atoms with Crippen molar-refractivity contribution in [2.75, 3.05) is 12.8 Å². The Labute approximate surface area is 158 Å². The second kappa shape index (κ2) is 8.03. The maximum absolute atomic E-state index is 13.2. The number of pyridine rings is 1. The van der Waals surface area contributed by atoms with Crippen molar-refractivity contribution < 1.29 is 9.53 Å². The molecule has 0 atom stereocenters. The highest BCUT2D eigenvalue weighted by Crippen LogP contribution is 2.28. The van der Waals surface area contributed by atoms with E-state index in [1.165, 1.54) is 29.9 Å². The number of ether oxygens (including phenoxy) is 1. The molecule has 2 N–H and O–H groups in total. The normalized spacial score (nSPS) is 15.6. The molecule has 2 heterocycles. The van der Waals surface area contributed by atoms with Crippen LogP contribution in [0, 0.1) is 0 Å². The van der Waals surface area contributed by atoms with Crippen LogP contribution in [0.2, 0.25) is 0 Å². The van der Waals surface area contributed by atoms with Crippen LogP contribution < -0.4 is 5.73 Å². The van der Waals surface area contributed by atoms with E-state index in [4.69, 9.17) is 15.5 Å². The number of hydrogen-bond donors (Lipinski definition) is 1. The van der Waals surface area contributed by atoms with Gasteiger partial charge >= 0.3 is 0 Å². The van der Waals surface area contributed by atoms with E-state index in [1.807, 2.05) is 12.1 Å². The van der Waals surface area contributed by atoms with Crippen molar-refractivity contribution in [3.05, 3.63) is 60.0 Å². The molecule has 0 spiro atoms. The van der Waals surface area contributed by atoms with E-state index in [9.17, 15) is 4.79 Å². The molecule has 1 aliphatic carbocycles. The van der Waals surface area contributed by atoms with E-state index < -0.39 is 0 Å². The lowest BCUT2D eigenvalue weighted by molar-refractivity contribution is 0.0938. The Balaban J connectivity index is 2.13. The Morgan fingerprint density at radius 1 is 1.37 bits per heavy atom. The molecule has 3 rings (SSSR count). The van der Waals surface area contributed by atoms with Gasteiger partial charge in [0, 0.05) is 0 Å². The largest absolute Gasteiger partial charge is 0.496 e. The number of allylic oxidation sites excluding steroid dienone is 6. The van der Waals surface area contributed by atoms with E-state index in [0.717, 1.165) is 25.0 Å². The zero-order valence-electron chi connectivity index (χ0n) is 15.7. The molecule has 2 aromatic heterocycles. The first-order valence-electron chi connectivity index (χ1n) is 9.03. The molecule has 6 nitrogen and oxygen atoms in total. The van der Waals surface area contributed by atoms with Gasteiger partial charge in [-0.05, 0) is 62.5 Å². The van der Waals surface area contributed by atoms with Crippen LogP contribution in [0.3, 0.4) is 0 Å². The number of anilines is 1. The highest BCUT2D eigenvalue weighted by atomic mass is 16.5. The van der Waals surface area contributed by atoms with E-state index >= 15 is 0 Å². The molecule has 0 fully saturated rings. The van der Waals surface area contributed by atoms with Crippen LogP contribution in [0.4, 0.5) is 5.82 Å². The molecule has 6 heteroatoms. The summed E-state index contributed by atoms with van der Waals surface area (Å²) in [6.45, 7) is 5.48. The fourth-order valence-electron chi connectivity index (χ4n) is 3.28. The van der Waals surface area contributed by atoms with Gasteiger partial charge < -0.3 is 10.5 Å². The van der Waals surface area contributed by atoms with E-state index in [1.54, 1.807) is 19.1 Å². The molecule has 0 radical (unpaired) electrons. The summed E-state index contributed by atoms with van der Waals surface area (Å²) < 4.78 is 6.56. The third-order valence-electron chi connectivity index (χ3n) is 4.63. The molecule has 27 heavy (non-hydrogen) atoms. The van der Waals surface area contributed by atoms with Crippen LogP contribution in [0.5, 0.6) is 0 Å². The number of nitrogens with two attached hydrogens (primary N) is 1. The predicted molar refractivity (Wildman–Crippen MR) is 108 cm³/mol. The molecule has 0 aromatic carbocycles. The number of methoxy groups -OCH3 is 1. The molecule has 0 aliphatic heterocycles. The smallest absolute Gasteiger partial charge is 0.283 e. The maximum Gasteiger partial charge on any atom is 0.283 e. The average Bonchev–Trinajstić information content (AvgIpc) is 3.04. The fourth-order valence-corrected chi connectivity index (χ4v) is 3.28. The molecule has 1 aliphatic rings. The molecule has 0 unspecified atom stereocenters. The van der Waals surface area contributed by atoms with Gasteiger partial charge in [0.1, 0.15) is 5.76 Å². The minimum atomic E-state index is -0.367. The molecule has 0 bridgehead atoms. The lowest BCUT2D eigenvalue weighted by atomic mass is 9.97. The van der Waals surface area contributed by atoms with Crippen LogP contribution in [0.15, 0.2) is 54.3 Å². The first-order valence-corrected chi connectivity index (χ1v) is 9.03. The molecule has 0 saturated carbocycles. The summed E-state index contributed by atoms with van der Waals surface area (Å²) in [6.07, 6.45) is 11.5. The zero-order chi connectivity index (χ0) is 19.4. The topological polar surface area (TPSA) is 83.0 Å². The van der Waals surface area contributed by atoms with Crippen LogP contribution in [-0.4, -0.2) is 27.8 Å². The third-order valence-corrected chi connectivity index (χ3v) is 4.63.